The summed E-state index contributed by atoms with van der Waals surface area (Å²) in [5.74, 6) is -2.17. The molecule has 0 bridgehead atoms. The summed E-state index contributed by atoms with van der Waals surface area (Å²) in [6.45, 7) is 1.94. The number of carboxylic acids is 2. The first-order valence-corrected chi connectivity index (χ1v) is 23.9. The van der Waals surface area contributed by atoms with Crippen LogP contribution in [0.2, 0.25) is 0 Å². The fourth-order valence-corrected chi connectivity index (χ4v) is 21.1. The van der Waals surface area contributed by atoms with E-state index in [-0.39, 0.29) is 36.3 Å². The van der Waals surface area contributed by atoms with Gasteiger partial charge in [-0.15, -0.1) is 0 Å². The van der Waals surface area contributed by atoms with Gasteiger partial charge in [0.2, 0.25) is 0 Å². The number of hydrogen-bond acceptors (Lipinski definition) is 4. The summed E-state index contributed by atoms with van der Waals surface area (Å²) in [4.78, 5) is 17.8. The van der Waals surface area contributed by atoms with Gasteiger partial charge in [0.15, 0.2) is 0 Å². The summed E-state index contributed by atoms with van der Waals surface area (Å²) in [6.07, 6.45) is 47.6. The zero-order chi connectivity index (χ0) is 33.0. The molecule has 0 N–H and O–H groups in total. The van der Waals surface area contributed by atoms with E-state index in [0.717, 1.165) is 13.8 Å². The van der Waals surface area contributed by atoms with Crippen LogP contribution in [0.4, 0.5) is 0 Å². The Kier molecular flexibility index (Phi) is 24.4. The summed E-state index contributed by atoms with van der Waals surface area (Å²) in [5, 5.41) is 17.8. The van der Waals surface area contributed by atoms with Gasteiger partial charge in [0.25, 0.3) is 0 Å². The maximum atomic E-state index is 8.89. The largest absolute Gasteiger partial charge is 2.00 e. The van der Waals surface area contributed by atoms with E-state index >= 15 is 0 Å². The van der Waals surface area contributed by atoms with Crippen molar-refractivity contribution in [2.24, 2.45) is 0 Å². The van der Waals surface area contributed by atoms with Crippen LogP contribution in [0.3, 0.4) is 0 Å². The number of carboxylic acid groups (broad SMARTS) is 2. The Morgan fingerprint density at radius 1 is 0.340 bits per heavy atom. The van der Waals surface area contributed by atoms with Crippen molar-refractivity contribution in [2.45, 2.75) is 240 Å². The average Bonchev–Trinajstić information content (AvgIpc) is 3.08. The molecular weight excluding hydrogens is 713 g/mol. The van der Waals surface area contributed by atoms with Gasteiger partial charge in [-0.25, -0.2) is 0 Å². The van der Waals surface area contributed by atoms with Crippen molar-refractivity contribution in [3.8, 4) is 0 Å². The summed E-state index contributed by atoms with van der Waals surface area (Å²) in [7, 11) is -0.0930. The molecule has 7 heteroatoms. The van der Waals surface area contributed by atoms with E-state index in [1.807, 2.05) is 0 Å². The van der Waals surface area contributed by atoms with Gasteiger partial charge in [-0.3, -0.25) is 0 Å². The molecule has 6 fully saturated rings. The van der Waals surface area contributed by atoms with Crippen LogP contribution in [0.15, 0.2) is 0 Å². The van der Waals surface area contributed by atoms with E-state index in [9.17, 15) is 0 Å². The van der Waals surface area contributed by atoms with Gasteiger partial charge in [-0.1, -0.05) is 38.5 Å². The first-order chi connectivity index (χ1) is 22.4. The third-order valence-electron chi connectivity index (χ3n) is 12.5. The molecule has 0 unspecified atom stereocenters. The molecule has 0 atom stereocenters. The fraction of sp³-hybridized carbons (Fsp3) is 0.950. The smallest absolute Gasteiger partial charge is 0.550 e. The summed E-state index contributed by atoms with van der Waals surface area (Å²) in [6, 6.07) is 0. The van der Waals surface area contributed by atoms with E-state index in [1.54, 1.807) is 193 Å². The van der Waals surface area contributed by atoms with Crippen molar-refractivity contribution < 1.29 is 40.2 Å². The molecule has 4 nitrogen and oxygen atoms in total. The van der Waals surface area contributed by atoms with E-state index in [4.69, 9.17) is 19.8 Å². The SMILES string of the molecule is C1CCC([PH+](C2CCCCC2)C2CCCCC2)CC1.C1CCC([PH+](C2CCCCC2)C2CCCCC2)CC1.CC(=O)[O-].CC(=O)[O-].[Pd+2]. The molecule has 0 heterocycles. The minimum absolute atomic E-state index is 0. The molecule has 6 rings (SSSR count). The Morgan fingerprint density at radius 3 is 0.553 bits per heavy atom. The Bertz CT molecular complexity index is 632. The maximum absolute atomic E-state index is 8.89. The van der Waals surface area contributed by atoms with Gasteiger partial charge in [-0.2, -0.15) is 0 Å². The zero-order valence-corrected chi connectivity index (χ0v) is 34.2. The van der Waals surface area contributed by atoms with Crippen LogP contribution in [0.1, 0.15) is 206 Å². The standard InChI is InChI=1S/2C18H33P.2C2H4O2.Pd/c2*1-4-10-16(11-5-1)19(17-12-6-2-7-13-17)18-14-8-3-9-15-18;2*1-2(3)4;/h2*16-18H,1-15H2;2*1H3,(H,3,4);/q;;;;+2. The van der Waals surface area contributed by atoms with Crippen LogP contribution >= 0.6 is 15.8 Å². The third-order valence-corrected chi connectivity index (χ3v) is 21.6. The van der Waals surface area contributed by atoms with E-state index in [0.29, 0.717) is 0 Å². The molecular formula is C40H74O4P2Pd+2. The molecule has 0 aromatic rings. The summed E-state index contributed by atoms with van der Waals surface area (Å²) in [5.41, 5.74) is 7.36. The molecule has 6 aliphatic carbocycles. The summed E-state index contributed by atoms with van der Waals surface area (Å²) >= 11 is 0. The van der Waals surface area contributed by atoms with E-state index in [1.165, 1.54) is 34.0 Å². The van der Waals surface area contributed by atoms with Crippen molar-refractivity contribution in [2.75, 3.05) is 0 Å². The fourth-order valence-electron chi connectivity index (χ4n) is 10.6. The molecule has 0 aromatic heterocycles. The van der Waals surface area contributed by atoms with Crippen LogP contribution in [0.5, 0.6) is 0 Å². The Morgan fingerprint density at radius 2 is 0.447 bits per heavy atom. The second-order valence-electron chi connectivity index (χ2n) is 16.0. The molecule has 0 amide bonds. The first-order valence-electron chi connectivity index (χ1n) is 20.4. The quantitative estimate of drug-likeness (QED) is 0.198. The topological polar surface area (TPSA) is 80.3 Å². The average molecular weight is 787 g/mol. The van der Waals surface area contributed by atoms with Crippen molar-refractivity contribution in [3.05, 3.63) is 0 Å². The van der Waals surface area contributed by atoms with Gasteiger partial charge in [-0.05, 0) is 168 Å². The normalized spacial score (nSPS) is 24.4. The molecule has 0 aliphatic heterocycles. The zero-order valence-electron chi connectivity index (χ0n) is 30.6. The predicted molar refractivity (Wildman–Crippen MR) is 199 cm³/mol. The molecule has 0 aromatic carbocycles. The second-order valence-corrected chi connectivity index (χ2v) is 22.9. The van der Waals surface area contributed by atoms with Crippen molar-refractivity contribution in [1.82, 2.24) is 0 Å². The minimum atomic E-state index is -1.08. The predicted octanol–water partition coefficient (Wildman–Crippen LogP) is 9.91. The number of carbonyl (C=O) groups excluding carboxylic acids is 2. The van der Waals surface area contributed by atoms with Crippen LogP contribution in [0, 0.1) is 0 Å². The van der Waals surface area contributed by atoms with Gasteiger partial charge >= 0.3 is 20.4 Å². The van der Waals surface area contributed by atoms with Gasteiger partial charge in [0.1, 0.15) is 0 Å². The number of rotatable bonds is 6. The van der Waals surface area contributed by atoms with Gasteiger partial charge in [0, 0.05) is 27.8 Å². The molecule has 0 spiro atoms. The molecule has 0 radical (unpaired) electrons. The van der Waals surface area contributed by atoms with E-state index < -0.39 is 11.9 Å². The van der Waals surface area contributed by atoms with Crippen molar-refractivity contribution in [3.63, 3.8) is 0 Å². The Labute approximate surface area is 307 Å². The minimum Gasteiger partial charge on any atom is -0.550 e. The Hall–Kier alpha value is 0.462. The van der Waals surface area contributed by atoms with Gasteiger partial charge in [0.05, 0.1) is 34.0 Å². The first kappa shape index (κ1) is 43.6. The van der Waals surface area contributed by atoms with Crippen LogP contribution in [-0.4, -0.2) is 45.9 Å². The number of carbonyl (C=O) groups is 2. The number of hydrogen-bond donors (Lipinski definition) is 0. The number of aliphatic carboxylic acids is 2. The summed E-state index contributed by atoms with van der Waals surface area (Å²) < 4.78 is 0. The van der Waals surface area contributed by atoms with Crippen LogP contribution in [-0.2, 0) is 30.0 Å². The molecule has 6 saturated carbocycles. The van der Waals surface area contributed by atoms with Crippen molar-refractivity contribution >= 4 is 27.8 Å². The molecule has 47 heavy (non-hydrogen) atoms. The van der Waals surface area contributed by atoms with Gasteiger partial charge < -0.3 is 19.8 Å². The maximum Gasteiger partial charge on any atom is 2.00 e. The molecule has 276 valence electrons. The Balaban J connectivity index is 0.000000262. The van der Waals surface area contributed by atoms with Crippen LogP contribution < -0.4 is 10.2 Å². The molecule has 0 saturated heterocycles. The second kappa shape index (κ2) is 26.3. The van der Waals surface area contributed by atoms with Crippen molar-refractivity contribution in [1.29, 1.82) is 0 Å². The van der Waals surface area contributed by atoms with E-state index in [2.05, 4.69) is 0 Å². The molecule has 6 aliphatic rings. The van der Waals surface area contributed by atoms with Crippen LogP contribution in [0.25, 0.3) is 0 Å². The third kappa shape index (κ3) is 17.5. The monoisotopic (exact) mass is 786 g/mol.